The molecule has 0 aliphatic carbocycles. The van der Waals surface area contributed by atoms with Crippen LogP contribution >= 0.6 is 23.2 Å². The number of anilines is 1. The van der Waals surface area contributed by atoms with Crippen LogP contribution in [-0.4, -0.2) is 12.5 Å². The van der Waals surface area contributed by atoms with Gasteiger partial charge in [-0.25, -0.2) is 0 Å². The highest BCUT2D eigenvalue weighted by Crippen LogP contribution is 2.27. The number of hydrogen-bond donors (Lipinski definition) is 1. The summed E-state index contributed by atoms with van der Waals surface area (Å²) in [5.74, 6) is 0.139. The van der Waals surface area contributed by atoms with E-state index in [2.05, 4.69) is 5.32 Å². The van der Waals surface area contributed by atoms with Gasteiger partial charge in [-0.3, -0.25) is 4.79 Å². The van der Waals surface area contributed by atoms with Crippen molar-refractivity contribution in [3.63, 3.8) is 0 Å². The number of carbonyl (C=O) groups excluding carboxylic acids is 1. The number of halogens is 2. The summed E-state index contributed by atoms with van der Waals surface area (Å²) < 4.78 is 5.39. The lowest BCUT2D eigenvalue weighted by Gasteiger charge is -2.11. The summed E-state index contributed by atoms with van der Waals surface area (Å²) in [6.07, 6.45) is 0. The fraction of sp³-hybridized carbons (Fsp3) is 0.188. The lowest BCUT2D eigenvalue weighted by atomic mass is 10.1. The molecule has 0 spiro atoms. The third-order valence-corrected chi connectivity index (χ3v) is 3.68. The Balaban J connectivity index is 1.99. The van der Waals surface area contributed by atoms with Crippen LogP contribution in [0.15, 0.2) is 36.4 Å². The van der Waals surface area contributed by atoms with Crippen LogP contribution in [0.5, 0.6) is 5.75 Å². The van der Waals surface area contributed by atoms with Crippen molar-refractivity contribution in [1.29, 1.82) is 0 Å². The number of ether oxygens (including phenoxy) is 1. The fourth-order valence-electron chi connectivity index (χ4n) is 1.80. The van der Waals surface area contributed by atoms with E-state index in [0.717, 1.165) is 16.8 Å². The highest BCUT2D eigenvalue weighted by atomic mass is 35.5. The Hall–Kier alpha value is -1.71. The van der Waals surface area contributed by atoms with Gasteiger partial charge in [-0.15, -0.1) is 0 Å². The molecule has 1 N–H and O–H groups in total. The van der Waals surface area contributed by atoms with Gasteiger partial charge in [-0.05, 0) is 43.2 Å². The average molecular weight is 324 g/mol. The zero-order valence-electron chi connectivity index (χ0n) is 11.7. The summed E-state index contributed by atoms with van der Waals surface area (Å²) in [6, 6.07) is 10.6. The number of rotatable bonds is 4. The molecular weight excluding hydrogens is 309 g/mol. The van der Waals surface area contributed by atoms with Gasteiger partial charge >= 0.3 is 0 Å². The summed E-state index contributed by atoms with van der Waals surface area (Å²) in [6.45, 7) is 3.82. The monoisotopic (exact) mass is 323 g/mol. The van der Waals surface area contributed by atoms with Gasteiger partial charge in [-0.2, -0.15) is 0 Å². The predicted octanol–water partition coefficient (Wildman–Crippen LogP) is 4.63. The summed E-state index contributed by atoms with van der Waals surface area (Å²) in [4.78, 5) is 11.9. The Bertz CT molecular complexity index is 671. The molecular formula is C16H15Cl2NO2. The van der Waals surface area contributed by atoms with Gasteiger partial charge < -0.3 is 10.1 Å². The van der Waals surface area contributed by atoms with Crippen molar-refractivity contribution < 1.29 is 9.53 Å². The molecule has 0 aromatic heterocycles. The van der Waals surface area contributed by atoms with Gasteiger partial charge in [0.05, 0.1) is 5.02 Å². The lowest BCUT2D eigenvalue weighted by Crippen LogP contribution is -2.20. The molecule has 0 heterocycles. The quantitative estimate of drug-likeness (QED) is 0.890. The van der Waals surface area contributed by atoms with Gasteiger partial charge in [-0.1, -0.05) is 35.3 Å². The zero-order valence-corrected chi connectivity index (χ0v) is 13.3. The first-order valence-corrected chi connectivity index (χ1v) is 7.17. The maximum absolute atomic E-state index is 11.9. The molecule has 0 saturated carbocycles. The predicted molar refractivity (Wildman–Crippen MR) is 86.5 cm³/mol. The molecule has 21 heavy (non-hydrogen) atoms. The molecule has 0 aliphatic rings. The molecule has 1 amide bonds. The Morgan fingerprint density at radius 3 is 2.71 bits per heavy atom. The first-order valence-electron chi connectivity index (χ1n) is 6.41. The highest BCUT2D eigenvalue weighted by Gasteiger charge is 2.09. The molecule has 5 heteroatoms. The van der Waals surface area contributed by atoms with Crippen LogP contribution in [0.2, 0.25) is 10.0 Å². The fourth-order valence-corrected chi connectivity index (χ4v) is 2.14. The molecule has 2 aromatic carbocycles. The zero-order chi connectivity index (χ0) is 15.4. The first kappa shape index (κ1) is 15.7. The molecule has 2 rings (SSSR count). The number of nitrogens with one attached hydrogen (secondary N) is 1. The van der Waals surface area contributed by atoms with Crippen LogP contribution in [0.3, 0.4) is 0 Å². The lowest BCUT2D eigenvalue weighted by molar-refractivity contribution is -0.118. The number of amides is 1. The highest BCUT2D eigenvalue weighted by molar-refractivity contribution is 6.34. The second kappa shape index (κ2) is 6.83. The van der Waals surface area contributed by atoms with E-state index in [4.69, 9.17) is 27.9 Å². The molecule has 0 fully saturated rings. The number of aryl methyl sites for hydroxylation is 1. The number of hydrogen-bond acceptors (Lipinski definition) is 2. The second-order valence-electron chi connectivity index (χ2n) is 4.66. The molecule has 0 saturated heterocycles. The van der Waals surface area contributed by atoms with Crippen LogP contribution in [0, 0.1) is 13.8 Å². The van der Waals surface area contributed by atoms with E-state index in [1.807, 2.05) is 32.0 Å². The van der Waals surface area contributed by atoms with Crippen molar-refractivity contribution in [2.24, 2.45) is 0 Å². The maximum atomic E-state index is 11.9. The van der Waals surface area contributed by atoms with Gasteiger partial charge in [0.15, 0.2) is 6.61 Å². The molecule has 3 nitrogen and oxygen atoms in total. The van der Waals surface area contributed by atoms with Crippen LogP contribution in [0.4, 0.5) is 5.69 Å². The summed E-state index contributed by atoms with van der Waals surface area (Å²) in [7, 11) is 0. The minimum absolute atomic E-state index is 0.132. The van der Waals surface area contributed by atoms with Gasteiger partial charge in [0.25, 0.3) is 5.91 Å². The number of carbonyl (C=O) groups is 1. The summed E-state index contributed by atoms with van der Waals surface area (Å²) in [5.41, 5.74) is 2.93. The standard InChI is InChI=1S/C16H15Cl2NO2/c1-10-4-3-5-14(11(10)2)19-16(20)9-21-15-8-12(17)6-7-13(15)18/h3-8H,9H2,1-2H3,(H,19,20). The van der Waals surface area contributed by atoms with Crippen LogP contribution in [0.25, 0.3) is 0 Å². The van der Waals surface area contributed by atoms with Gasteiger partial charge in [0.1, 0.15) is 5.75 Å². The first-order chi connectivity index (χ1) is 9.97. The van der Waals surface area contributed by atoms with Gasteiger partial charge in [0, 0.05) is 16.8 Å². The van der Waals surface area contributed by atoms with E-state index in [1.54, 1.807) is 18.2 Å². The Morgan fingerprint density at radius 1 is 1.19 bits per heavy atom. The molecule has 0 bridgehead atoms. The Kier molecular flexibility index (Phi) is 5.10. The Labute approximate surface area is 133 Å². The van der Waals surface area contributed by atoms with E-state index in [-0.39, 0.29) is 12.5 Å². The Morgan fingerprint density at radius 2 is 1.95 bits per heavy atom. The van der Waals surface area contributed by atoms with E-state index >= 15 is 0 Å². The van der Waals surface area contributed by atoms with Crippen molar-refractivity contribution in [1.82, 2.24) is 0 Å². The largest absolute Gasteiger partial charge is 0.482 e. The van der Waals surface area contributed by atoms with Crippen molar-refractivity contribution in [3.8, 4) is 5.75 Å². The normalized spacial score (nSPS) is 10.3. The van der Waals surface area contributed by atoms with Crippen LogP contribution in [-0.2, 0) is 4.79 Å². The maximum Gasteiger partial charge on any atom is 0.262 e. The van der Waals surface area contributed by atoms with Crippen LogP contribution in [0.1, 0.15) is 11.1 Å². The molecule has 2 aromatic rings. The third-order valence-electron chi connectivity index (χ3n) is 3.13. The SMILES string of the molecule is Cc1cccc(NC(=O)COc2cc(Cl)ccc2Cl)c1C. The second-order valence-corrected chi connectivity index (χ2v) is 5.50. The minimum atomic E-state index is -0.250. The molecule has 110 valence electrons. The smallest absolute Gasteiger partial charge is 0.262 e. The average Bonchev–Trinajstić information content (AvgIpc) is 2.45. The summed E-state index contributed by atoms with van der Waals surface area (Å²) in [5, 5.41) is 3.74. The van der Waals surface area contributed by atoms with E-state index in [9.17, 15) is 4.79 Å². The van der Waals surface area contributed by atoms with Gasteiger partial charge in [0.2, 0.25) is 0 Å². The molecule has 0 atom stereocenters. The molecule has 0 aliphatic heterocycles. The molecule has 0 unspecified atom stereocenters. The molecule has 0 radical (unpaired) electrons. The number of benzene rings is 2. The van der Waals surface area contributed by atoms with Crippen molar-refractivity contribution >= 4 is 34.8 Å². The van der Waals surface area contributed by atoms with E-state index in [0.29, 0.717) is 15.8 Å². The topological polar surface area (TPSA) is 38.3 Å². The van der Waals surface area contributed by atoms with E-state index in [1.165, 1.54) is 0 Å². The third kappa shape index (κ3) is 4.13. The summed E-state index contributed by atoms with van der Waals surface area (Å²) >= 11 is 11.8. The van der Waals surface area contributed by atoms with Crippen molar-refractivity contribution in [3.05, 3.63) is 57.6 Å². The van der Waals surface area contributed by atoms with Crippen LogP contribution < -0.4 is 10.1 Å². The minimum Gasteiger partial charge on any atom is -0.482 e. The van der Waals surface area contributed by atoms with Crippen molar-refractivity contribution in [2.75, 3.05) is 11.9 Å². The van der Waals surface area contributed by atoms with E-state index < -0.39 is 0 Å². The van der Waals surface area contributed by atoms with Crippen molar-refractivity contribution in [2.45, 2.75) is 13.8 Å².